The van der Waals surface area contributed by atoms with Crippen molar-refractivity contribution in [2.24, 2.45) is 11.7 Å². The zero-order valence-electron chi connectivity index (χ0n) is 20.5. The van der Waals surface area contributed by atoms with E-state index in [2.05, 4.69) is 0 Å². The number of benzene rings is 3. The molecule has 5 rings (SSSR count). The number of fused-ring (bicyclic) bond motifs is 1. The fraction of sp³-hybridized carbons (Fsp3) is 0.345. The van der Waals surface area contributed by atoms with Crippen LogP contribution in [-0.4, -0.2) is 41.8 Å². The van der Waals surface area contributed by atoms with Crippen molar-refractivity contribution in [2.45, 2.75) is 38.4 Å². The molecule has 190 valence electrons. The Bertz CT molecular complexity index is 1130. The average molecular weight is 508 g/mol. The number of carbonyl (C=O) groups excluding carboxylic acids is 1. The van der Waals surface area contributed by atoms with Gasteiger partial charge in [-0.25, -0.2) is 4.79 Å². The van der Waals surface area contributed by atoms with E-state index in [0.717, 1.165) is 40.9 Å². The topological polar surface area (TPSA) is 79.0 Å². The lowest BCUT2D eigenvalue weighted by atomic mass is 9.83. The summed E-state index contributed by atoms with van der Waals surface area (Å²) in [5.41, 5.74) is 10.6. The normalized spacial score (nSPS) is 19.8. The Hall–Kier alpha value is -3.06. The highest BCUT2D eigenvalue weighted by atomic mass is 35.5. The molecule has 2 heterocycles. The summed E-state index contributed by atoms with van der Waals surface area (Å²) in [5, 5.41) is 10.7. The summed E-state index contributed by atoms with van der Waals surface area (Å²) in [6.07, 6.45) is 2.17. The Labute approximate surface area is 219 Å². The molecule has 1 saturated heterocycles. The minimum atomic E-state index is -0.207. The third-order valence-corrected chi connectivity index (χ3v) is 7.38. The Balaban J connectivity index is 0.00000304. The van der Waals surface area contributed by atoms with Crippen molar-refractivity contribution < 1.29 is 14.6 Å². The van der Waals surface area contributed by atoms with E-state index in [4.69, 9.17) is 10.5 Å². The first-order valence-electron chi connectivity index (χ1n) is 12.4. The predicted molar refractivity (Wildman–Crippen MR) is 145 cm³/mol. The second-order valence-electron chi connectivity index (χ2n) is 9.52. The largest absolute Gasteiger partial charge is 0.507 e. The highest BCUT2D eigenvalue weighted by molar-refractivity contribution is 5.99. The van der Waals surface area contributed by atoms with E-state index in [1.54, 1.807) is 4.90 Å². The fourth-order valence-electron chi connectivity index (χ4n) is 5.41. The minimum absolute atomic E-state index is 0. The number of halogens is 1. The number of urea groups is 1. The van der Waals surface area contributed by atoms with Gasteiger partial charge in [0.2, 0.25) is 0 Å². The van der Waals surface area contributed by atoms with Crippen molar-refractivity contribution in [3.05, 3.63) is 89.5 Å². The first-order chi connectivity index (χ1) is 17.1. The number of hydrogen-bond donors (Lipinski definition) is 2. The molecule has 0 aromatic heterocycles. The van der Waals surface area contributed by atoms with E-state index in [0.29, 0.717) is 37.7 Å². The Morgan fingerprint density at radius 2 is 1.58 bits per heavy atom. The van der Waals surface area contributed by atoms with Crippen LogP contribution in [0, 0.1) is 12.8 Å². The van der Waals surface area contributed by atoms with Gasteiger partial charge in [-0.2, -0.15) is 0 Å². The van der Waals surface area contributed by atoms with Gasteiger partial charge >= 0.3 is 6.03 Å². The SMILES string of the molecule is Cc1ccc2c(c1O)C[C@@H](C1CCN(C(=O)N(c3ccccc3)c3ccccc3)CC1)O[C@H]2CN.Cl. The van der Waals surface area contributed by atoms with Crippen LogP contribution in [0.2, 0.25) is 0 Å². The van der Waals surface area contributed by atoms with Gasteiger partial charge in [-0.1, -0.05) is 48.5 Å². The maximum absolute atomic E-state index is 13.7. The predicted octanol–water partition coefficient (Wildman–Crippen LogP) is 5.73. The third-order valence-electron chi connectivity index (χ3n) is 7.38. The van der Waals surface area contributed by atoms with Gasteiger partial charge in [-0.3, -0.25) is 4.90 Å². The molecule has 36 heavy (non-hydrogen) atoms. The Morgan fingerprint density at radius 1 is 1.00 bits per heavy atom. The van der Waals surface area contributed by atoms with E-state index in [-0.39, 0.29) is 30.6 Å². The Morgan fingerprint density at radius 3 is 2.14 bits per heavy atom. The van der Waals surface area contributed by atoms with Crippen LogP contribution < -0.4 is 10.6 Å². The van der Waals surface area contributed by atoms with Crippen molar-refractivity contribution >= 4 is 29.8 Å². The number of para-hydroxylation sites is 2. The van der Waals surface area contributed by atoms with E-state index in [1.165, 1.54) is 0 Å². The van der Waals surface area contributed by atoms with E-state index in [1.807, 2.05) is 84.6 Å². The lowest BCUT2D eigenvalue weighted by molar-refractivity contribution is -0.0624. The second-order valence-corrected chi connectivity index (χ2v) is 9.52. The summed E-state index contributed by atoms with van der Waals surface area (Å²) < 4.78 is 6.43. The van der Waals surface area contributed by atoms with Gasteiger partial charge in [0.1, 0.15) is 5.75 Å². The monoisotopic (exact) mass is 507 g/mol. The first kappa shape index (κ1) is 26.0. The Kier molecular flexibility index (Phi) is 8.19. The number of nitrogens with two attached hydrogens (primary N) is 1. The highest BCUT2D eigenvalue weighted by Crippen LogP contribution is 2.40. The van der Waals surface area contributed by atoms with Gasteiger partial charge in [0, 0.05) is 31.6 Å². The highest BCUT2D eigenvalue weighted by Gasteiger charge is 2.37. The number of hydrogen-bond acceptors (Lipinski definition) is 4. The number of ether oxygens (including phenoxy) is 1. The zero-order valence-corrected chi connectivity index (χ0v) is 21.4. The van der Waals surface area contributed by atoms with Gasteiger partial charge in [-0.05, 0) is 61.1 Å². The molecule has 7 heteroatoms. The van der Waals surface area contributed by atoms with Crippen molar-refractivity contribution in [1.29, 1.82) is 0 Å². The third kappa shape index (κ3) is 5.07. The smallest absolute Gasteiger partial charge is 0.329 e. The molecule has 2 amide bonds. The quantitative estimate of drug-likeness (QED) is 0.472. The van der Waals surface area contributed by atoms with Gasteiger partial charge in [0.25, 0.3) is 0 Å². The van der Waals surface area contributed by atoms with Gasteiger partial charge in [-0.15, -0.1) is 12.4 Å². The number of rotatable bonds is 4. The molecule has 0 unspecified atom stereocenters. The molecule has 3 N–H and O–H groups in total. The van der Waals surface area contributed by atoms with Crippen molar-refractivity contribution in [3.63, 3.8) is 0 Å². The summed E-state index contributed by atoms with van der Waals surface area (Å²) in [7, 11) is 0. The number of nitrogens with zero attached hydrogens (tertiary/aromatic N) is 2. The molecular weight excluding hydrogens is 474 g/mol. The number of phenolic OH excluding ortho intramolecular Hbond substituents is 1. The van der Waals surface area contributed by atoms with Crippen LogP contribution in [0.3, 0.4) is 0 Å². The molecule has 0 saturated carbocycles. The average Bonchev–Trinajstić information content (AvgIpc) is 2.91. The molecule has 3 aromatic carbocycles. The molecular formula is C29H34ClN3O3. The standard InChI is InChI=1S/C29H33N3O3.ClH/c1-20-12-13-24-25(28(20)33)18-26(35-27(24)19-30)21-14-16-31(17-15-21)29(34)32(22-8-4-2-5-9-22)23-10-6-3-7-11-23;/h2-13,21,26-27,33H,14-19,30H2,1H3;1H/t26-,27-;/m0./s1. The second kappa shape index (κ2) is 11.3. The van der Waals surface area contributed by atoms with Crippen LogP contribution in [0.25, 0.3) is 0 Å². The van der Waals surface area contributed by atoms with Crippen molar-refractivity contribution in [1.82, 2.24) is 4.90 Å². The molecule has 0 aliphatic carbocycles. The number of carbonyl (C=O) groups is 1. The number of aromatic hydroxyl groups is 1. The lowest BCUT2D eigenvalue weighted by Crippen LogP contribution is -2.47. The number of aryl methyl sites for hydroxylation is 1. The summed E-state index contributed by atoms with van der Waals surface area (Å²) in [5.74, 6) is 0.672. The summed E-state index contributed by atoms with van der Waals surface area (Å²) >= 11 is 0. The maximum Gasteiger partial charge on any atom is 0.329 e. The summed E-state index contributed by atoms with van der Waals surface area (Å²) in [4.78, 5) is 17.4. The first-order valence-corrected chi connectivity index (χ1v) is 12.4. The molecule has 2 aliphatic heterocycles. The van der Waals surface area contributed by atoms with E-state index >= 15 is 0 Å². The molecule has 0 bridgehead atoms. The van der Waals surface area contributed by atoms with Gasteiger partial charge in [0.05, 0.1) is 23.6 Å². The number of amides is 2. The van der Waals surface area contributed by atoms with E-state index in [9.17, 15) is 9.90 Å². The molecule has 6 nitrogen and oxygen atoms in total. The van der Waals surface area contributed by atoms with Crippen LogP contribution in [0.4, 0.5) is 16.2 Å². The minimum Gasteiger partial charge on any atom is -0.507 e. The van der Waals surface area contributed by atoms with Gasteiger partial charge < -0.3 is 20.5 Å². The van der Waals surface area contributed by atoms with Crippen LogP contribution in [0.1, 0.15) is 35.6 Å². The van der Waals surface area contributed by atoms with Gasteiger partial charge in [0.15, 0.2) is 0 Å². The molecule has 2 aliphatic rings. The molecule has 1 fully saturated rings. The molecule has 3 aromatic rings. The van der Waals surface area contributed by atoms with Crippen molar-refractivity contribution in [2.75, 3.05) is 24.5 Å². The number of phenols is 1. The number of piperidine rings is 1. The maximum atomic E-state index is 13.7. The van der Waals surface area contributed by atoms with Crippen molar-refractivity contribution in [3.8, 4) is 5.75 Å². The molecule has 0 spiro atoms. The van der Waals surface area contributed by atoms with Crippen LogP contribution >= 0.6 is 12.4 Å². The van der Waals surface area contributed by atoms with E-state index < -0.39 is 0 Å². The number of anilines is 2. The lowest BCUT2D eigenvalue weighted by Gasteiger charge is -2.41. The summed E-state index contributed by atoms with van der Waals surface area (Å²) in [6, 6.07) is 23.5. The van der Waals surface area contributed by atoms with Crippen LogP contribution in [-0.2, 0) is 11.2 Å². The van der Waals surface area contributed by atoms with Crippen LogP contribution in [0.5, 0.6) is 5.75 Å². The zero-order chi connectivity index (χ0) is 24.4. The molecule has 2 atom stereocenters. The number of likely N-dealkylation sites (tertiary alicyclic amines) is 1. The molecule has 0 radical (unpaired) electrons. The summed E-state index contributed by atoms with van der Waals surface area (Å²) in [6.45, 7) is 3.64. The van der Waals surface area contributed by atoms with Crippen LogP contribution in [0.15, 0.2) is 72.8 Å². The fourth-order valence-corrected chi connectivity index (χ4v) is 5.41.